The highest BCUT2D eigenvalue weighted by atomic mass is 16.5. The second-order valence-electron chi connectivity index (χ2n) is 6.40. The van der Waals surface area contributed by atoms with Gasteiger partial charge in [0.1, 0.15) is 11.9 Å². The third-order valence-electron chi connectivity index (χ3n) is 4.39. The van der Waals surface area contributed by atoms with Gasteiger partial charge in [0.2, 0.25) is 5.91 Å². The normalized spacial score (nSPS) is 20.1. The van der Waals surface area contributed by atoms with E-state index in [1.165, 1.54) is 0 Å². The minimum atomic E-state index is -0.0774. The number of carbonyl (C=O) groups is 1. The Morgan fingerprint density at radius 2 is 2.32 bits per heavy atom. The van der Waals surface area contributed by atoms with Crippen molar-refractivity contribution in [3.63, 3.8) is 0 Å². The first-order valence-corrected chi connectivity index (χ1v) is 8.75. The number of nitrogens with one attached hydrogen (secondary N) is 2. The fourth-order valence-corrected chi connectivity index (χ4v) is 3.24. The van der Waals surface area contributed by atoms with Crippen molar-refractivity contribution < 1.29 is 9.53 Å². The molecule has 25 heavy (non-hydrogen) atoms. The van der Waals surface area contributed by atoms with E-state index >= 15 is 0 Å². The molecule has 3 rings (SSSR count). The van der Waals surface area contributed by atoms with Crippen molar-refractivity contribution in [1.82, 2.24) is 24.9 Å². The summed E-state index contributed by atoms with van der Waals surface area (Å²) >= 11 is 0. The maximum absolute atomic E-state index is 12.3. The lowest BCUT2D eigenvalue weighted by Crippen LogP contribution is -2.38. The molecule has 0 bridgehead atoms. The summed E-state index contributed by atoms with van der Waals surface area (Å²) in [5.74, 6) is 0.655. The second kappa shape index (κ2) is 7.79. The predicted molar refractivity (Wildman–Crippen MR) is 94.2 cm³/mol. The maximum Gasteiger partial charge on any atom is 0.239 e. The fraction of sp³-hybridized carbons (Fsp3) is 0.588. The lowest BCUT2D eigenvalue weighted by molar-refractivity contribution is -0.115. The van der Waals surface area contributed by atoms with Gasteiger partial charge in [0.15, 0.2) is 0 Å². The Balaban J connectivity index is 1.56. The van der Waals surface area contributed by atoms with Crippen molar-refractivity contribution in [2.24, 2.45) is 7.05 Å². The van der Waals surface area contributed by atoms with Crippen LogP contribution in [0.4, 0.5) is 5.82 Å². The number of carbonyl (C=O) groups excluding carboxylic acids is 1. The molecule has 0 aromatic carbocycles. The molecule has 1 aliphatic rings. The molecular formula is C17H26N6O2. The molecule has 1 aliphatic heterocycles. The Labute approximate surface area is 147 Å². The third-order valence-corrected chi connectivity index (χ3v) is 4.39. The van der Waals surface area contributed by atoms with Crippen molar-refractivity contribution >= 4 is 11.7 Å². The Kier molecular flexibility index (Phi) is 5.50. The molecule has 1 amide bonds. The number of amides is 1. The van der Waals surface area contributed by atoms with Gasteiger partial charge in [-0.05, 0) is 19.8 Å². The first-order chi connectivity index (χ1) is 12.1. The summed E-state index contributed by atoms with van der Waals surface area (Å²) < 4.78 is 9.47. The standard InChI is InChI=1S/C17H26N6O2/c1-4-8-23-15(5-7-19-23)20-16(24)10-18-14-6-9-25-17(14)13-11-22(3)21-12(13)2/h5,7,11,14,17-18H,4,6,8-10H2,1-3H3,(H,20,24)/t14-,17+/m0/s1. The van der Waals surface area contributed by atoms with Crippen LogP contribution in [0.15, 0.2) is 18.5 Å². The highest BCUT2D eigenvalue weighted by Crippen LogP contribution is 2.30. The number of aromatic nitrogens is 4. The summed E-state index contributed by atoms with van der Waals surface area (Å²) in [7, 11) is 1.90. The maximum atomic E-state index is 12.3. The van der Waals surface area contributed by atoms with Crippen LogP contribution in [0.2, 0.25) is 0 Å². The summed E-state index contributed by atoms with van der Waals surface area (Å²) in [5.41, 5.74) is 2.05. The Hall–Kier alpha value is -2.19. The van der Waals surface area contributed by atoms with Crippen LogP contribution in [0.25, 0.3) is 0 Å². The Morgan fingerprint density at radius 1 is 1.48 bits per heavy atom. The van der Waals surface area contributed by atoms with Gasteiger partial charge >= 0.3 is 0 Å². The number of hydrogen-bond donors (Lipinski definition) is 2. The summed E-state index contributed by atoms with van der Waals surface area (Å²) in [4.78, 5) is 12.3. The van der Waals surface area contributed by atoms with Crippen LogP contribution in [0, 0.1) is 6.92 Å². The van der Waals surface area contributed by atoms with Crippen LogP contribution in [-0.2, 0) is 23.1 Å². The molecule has 2 aromatic rings. The van der Waals surface area contributed by atoms with Crippen molar-refractivity contribution in [1.29, 1.82) is 0 Å². The van der Waals surface area contributed by atoms with Crippen LogP contribution in [0.5, 0.6) is 0 Å². The number of ether oxygens (including phenoxy) is 1. The molecule has 0 spiro atoms. The molecule has 0 saturated carbocycles. The van der Waals surface area contributed by atoms with Crippen LogP contribution in [-0.4, -0.2) is 44.7 Å². The molecule has 8 heteroatoms. The summed E-state index contributed by atoms with van der Waals surface area (Å²) in [6, 6.07) is 1.92. The second-order valence-corrected chi connectivity index (χ2v) is 6.40. The molecule has 1 saturated heterocycles. The van der Waals surface area contributed by atoms with E-state index in [0.29, 0.717) is 6.61 Å². The van der Waals surface area contributed by atoms with E-state index in [9.17, 15) is 4.79 Å². The average molecular weight is 346 g/mol. The van der Waals surface area contributed by atoms with Gasteiger partial charge in [0.25, 0.3) is 0 Å². The summed E-state index contributed by atoms with van der Waals surface area (Å²) in [6.07, 6.45) is 5.47. The lowest BCUT2D eigenvalue weighted by atomic mass is 10.0. The topological polar surface area (TPSA) is 86.0 Å². The van der Waals surface area contributed by atoms with Gasteiger partial charge in [-0.25, -0.2) is 4.68 Å². The molecule has 136 valence electrons. The monoisotopic (exact) mass is 346 g/mol. The van der Waals surface area contributed by atoms with E-state index in [0.717, 1.165) is 36.5 Å². The van der Waals surface area contributed by atoms with Gasteiger partial charge in [-0.3, -0.25) is 9.48 Å². The third kappa shape index (κ3) is 4.08. The highest BCUT2D eigenvalue weighted by Gasteiger charge is 2.32. The van der Waals surface area contributed by atoms with Crippen LogP contribution in [0.1, 0.15) is 37.1 Å². The van der Waals surface area contributed by atoms with Crippen LogP contribution >= 0.6 is 0 Å². The van der Waals surface area contributed by atoms with Gasteiger partial charge < -0.3 is 15.4 Å². The van der Waals surface area contributed by atoms with E-state index in [4.69, 9.17) is 4.74 Å². The Bertz CT molecular complexity index is 723. The molecule has 0 aliphatic carbocycles. The molecule has 2 atom stereocenters. The summed E-state index contributed by atoms with van der Waals surface area (Å²) in [5, 5.41) is 14.8. The molecule has 3 heterocycles. The van der Waals surface area contributed by atoms with Gasteiger partial charge in [0, 0.05) is 44.1 Å². The smallest absolute Gasteiger partial charge is 0.239 e. The molecule has 0 unspecified atom stereocenters. The Morgan fingerprint density at radius 3 is 3.04 bits per heavy atom. The molecule has 0 radical (unpaired) electrons. The molecule has 1 fully saturated rings. The largest absolute Gasteiger partial charge is 0.372 e. The van der Waals surface area contributed by atoms with Gasteiger partial charge in [-0.2, -0.15) is 10.2 Å². The predicted octanol–water partition coefficient (Wildman–Crippen LogP) is 1.39. The highest BCUT2D eigenvalue weighted by molar-refractivity contribution is 5.91. The number of nitrogens with zero attached hydrogens (tertiary/aromatic N) is 4. The molecule has 2 N–H and O–H groups in total. The van der Waals surface area contributed by atoms with E-state index in [1.54, 1.807) is 15.6 Å². The fourth-order valence-electron chi connectivity index (χ4n) is 3.24. The van der Waals surface area contributed by atoms with Crippen molar-refractivity contribution in [2.45, 2.75) is 45.4 Å². The van der Waals surface area contributed by atoms with Crippen molar-refractivity contribution in [3.8, 4) is 0 Å². The van der Waals surface area contributed by atoms with Crippen molar-refractivity contribution in [2.75, 3.05) is 18.5 Å². The van der Waals surface area contributed by atoms with E-state index in [-0.39, 0.29) is 24.6 Å². The van der Waals surface area contributed by atoms with E-state index in [2.05, 4.69) is 27.8 Å². The molecular weight excluding hydrogens is 320 g/mol. The zero-order chi connectivity index (χ0) is 17.8. The first kappa shape index (κ1) is 17.6. The SMILES string of the molecule is CCCn1nccc1NC(=O)CN[C@H]1CCO[C@@H]1c1cn(C)nc1C. The number of aryl methyl sites for hydroxylation is 3. The first-order valence-electron chi connectivity index (χ1n) is 8.75. The zero-order valence-electron chi connectivity index (χ0n) is 15.0. The minimum absolute atomic E-state index is 0.0629. The van der Waals surface area contributed by atoms with E-state index in [1.807, 2.05) is 26.2 Å². The molecule has 8 nitrogen and oxygen atoms in total. The number of hydrogen-bond acceptors (Lipinski definition) is 5. The van der Waals surface area contributed by atoms with Gasteiger partial charge in [-0.15, -0.1) is 0 Å². The van der Waals surface area contributed by atoms with E-state index < -0.39 is 0 Å². The van der Waals surface area contributed by atoms with Crippen molar-refractivity contribution in [3.05, 3.63) is 29.7 Å². The van der Waals surface area contributed by atoms with Gasteiger partial charge in [-0.1, -0.05) is 6.92 Å². The minimum Gasteiger partial charge on any atom is -0.372 e. The zero-order valence-corrected chi connectivity index (χ0v) is 15.0. The summed E-state index contributed by atoms with van der Waals surface area (Å²) in [6.45, 7) is 5.77. The quantitative estimate of drug-likeness (QED) is 0.791. The lowest BCUT2D eigenvalue weighted by Gasteiger charge is -2.19. The molecule has 2 aromatic heterocycles. The van der Waals surface area contributed by atoms with Crippen LogP contribution in [0.3, 0.4) is 0 Å². The number of rotatable bonds is 7. The number of anilines is 1. The average Bonchev–Trinajstić information content (AvgIpc) is 3.27. The van der Waals surface area contributed by atoms with Gasteiger partial charge in [0.05, 0.1) is 18.4 Å². The van der Waals surface area contributed by atoms with Crippen LogP contribution < -0.4 is 10.6 Å².